The summed E-state index contributed by atoms with van der Waals surface area (Å²) in [5.74, 6) is -0.0368. The third-order valence-corrected chi connectivity index (χ3v) is 3.87. The molecule has 6 heteroatoms. The molecule has 0 bridgehead atoms. The lowest BCUT2D eigenvalue weighted by Crippen LogP contribution is -1.99. The number of ether oxygens (including phenoxy) is 1. The molecule has 0 spiro atoms. The van der Waals surface area contributed by atoms with Crippen molar-refractivity contribution < 1.29 is 17.5 Å². The number of nitriles is 1. The molecule has 2 rings (SSSR count). The Morgan fingerprint density at radius 1 is 1.19 bits per heavy atom. The number of nitrogens with zero attached hydrogens (tertiary/aromatic N) is 1. The van der Waals surface area contributed by atoms with Crippen molar-refractivity contribution in [2.75, 3.05) is 6.26 Å². The smallest absolute Gasteiger partial charge is 0.175 e. The molecule has 4 nitrogen and oxygen atoms in total. The molecule has 0 aliphatic carbocycles. The summed E-state index contributed by atoms with van der Waals surface area (Å²) in [6, 6.07) is 11.8. The van der Waals surface area contributed by atoms with E-state index >= 15 is 0 Å². The second-order valence-corrected chi connectivity index (χ2v) is 6.51. The number of benzene rings is 2. The van der Waals surface area contributed by atoms with Gasteiger partial charge in [0.05, 0.1) is 16.5 Å². The van der Waals surface area contributed by atoms with Crippen molar-refractivity contribution in [2.24, 2.45) is 0 Å². The van der Waals surface area contributed by atoms with Crippen molar-refractivity contribution in [3.8, 4) is 11.8 Å². The van der Waals surface area contributed by atoms with Crippen LogP contribution in [0.3, 0.4) is 0 Å². The zero-order valence-electron chi connectivity index (χ0n) is 11.2. The summed E-state index contributed by atoms with van der Waals surface area (Å²) in [5.41, 5.74) is 0.750. The van der Waals surface area contributed by atoms with Gasteiger partial charge in [-0.25, -0.2) is 12.8 Å². The third-order valence-electron chi connectivity index (χ3n) is 2.74. The fraction of sp³-hybridized carbons (Fsp3) is 0.133. The minimum absolute atomic E-state index is 0.0880. The first kappa shape index (κ1) is 15.0. The Hall–Kier alpha value is -2.39. The minimum Gasteiger partial charge on any atom is -0.489 e. The highest BCUT2D eigenvalue weighted by Crippen LogP contribution is 2.18. The van der Waals surface area contributed by atoms with Crippen LogP contribution in [0, 0.1) is 17.1 Å². The van der Waals surface area contributed by atoms with Crippen LogP contribution in [0.15, 0.2) is 47.4 Å². The van der Waals surface area contributed by atoms with Gasteiger partial charge in [0.1, 0.15) is 18.2 Å². The molecule has 108 valence electrons. The summed E-state index contributed by atoms with van der Waals surface area (Å²) in [6.07, 6.45) is 1.12. The topological polar surface area (TPSA) is 67.2 Å². The van der Waals surface area contributed by atoms with E-state index in [2.05, 4.69) is 0 Å². The van der Waals surface area contributed by atoms with Gasteiger partial charge in [-0.1, -0.05) is 0 Å². The third kappa shape index (κ3) is 4.04. The van der Waals surface area contributed by atoms with Crippen molar-refractivity contribution in [1.82, 2.24) is 0 Å². The van der Waals surface area contributed by atoms with Gasteiger partial charge in [0.25, 0.3) is 0 Å². The summed E-state index contributed by atoms with van der Waals surface area (Å²) in [5, 5.41) is 8.76. The Morgan fingerprint density at radius 2 is 1.86 bits per heavy atom. The summed E-state index contributed by atoms with van der Waals surface area (Å²) in [6.45, 7) is 0.0880. The van der Waals surface area contributed by atoms with Crippen molar-refractivity contribution in [2.45, 2.75) is 11.5 Å². The van der Waals surface area contributed by atoms with Gasteiger partial charge >= 0.3 is 0 Å². The van der Waals surface area contributed by atoms with Gasteiger partial charge in [-0.05, 0) is 48.0 Å². The molecular formula is C15H12FNO3S. The van der Waals surface area contributed by atoms with Gasteiger partial charge in [-0.2, -0.15) is 5.26 Å². The van der Waals surface area contributed by atoms with Crippen molar-refractivity contribution in [3.63, 3.8) is 0 Å². The van der Waals surface area contributed by atoms with Gasteiger partial charge in [0, 0.05) is 6.26 Å². The van der Waals surface area contributed by atoms with Crippen molar-refractivity contribution in [1.29, 1.82) is 5.26 Å². The standard InChI is InChI=1S/C15H12FNO3S/c1-21(18,19)15-4-2-14(3-5-15)20-10-12-6-11(9-17)7-13(16)8-12/h2-8H,10H2,1H3. The predicted octanol–water partition coefficient (Wildman–Crippen LogP) is 2.68. The first-order chi connectivity index (χ1) is 9.88. The normalized spacial score (nSPS) is 10.9. The van der Waals surface area contributed by atoms with E-state index in [1.165, 1.54) is 36.4 Å². The maximum Gasteiger partial charge on any atom is 0.175 e. The van der Waals surface area contributed by atoms with Crippen LogP contribution in [-0.4, -0.2) is 14.7 Å². The van der Waals surface area contributed by atoms with Crippen LogP contribution in [0.4, 0.5) is 4.39 Å². The average molecular weight is 305 g/mol. The van der Waals surface area contributed by atoms with Gasteiger partial charge in [-0.3, -0.25) is 0 Å². The number of sulfone groups is 1. The Balaban J connectivity index is 2.10. The molecule has 0 aromatic heterocycles. The molecule has 0 saturated carbocycles. The summed E-state index contributed by atoms with van der Waals surface area (Å²) < 4.78 is 41.3. The van der Waals surface area contributed by atoms with Crippen LogP contribution in [0.25, 0.3) is 0 Å². The van der Waals surface area contributed by atoms with E-state index in [4.69, 9.17) is 10.00 Å². The monoisotopic (exact) mass is 305 g/mol. The van der Waals surface area contributed by atoms with Crippen LogP contribution in [0.5, 0.6) is 5.75 Å². The number of rotatable bonds is 4. The Morgan fingerprint density at radius 3 is 2.43 bits per heavy atom. The Kier molecular flexibility index (Phi) is 4.24. The van der Waals surface area contributed by atoms with E-state index in [1.807, 2.05) is 6.07 Å². The molecule has 0 fully saturated rings. The van der Waals surface area contributed by atoms with Crippen LogP contribution < -0.4 is 4.74 Å². The van der Waals surface area contributed by atoms with Gasteiger partial charge < -0.3 is 4.74 Å². The van der Waals surface area contributed by atoms with Crippen molar-refractivity contribution >= 4 is 9.84 Å². The van der Waals surface area contributed by atoms with E-state index < -0.39 is 15.7 Å². The number of hydrogen-bond donors (Lipinski definition) is 0. The molecule has 2 aromatic carbocycles. The SMILES string of the molecule is CS(=O)(=O)c1ccc(OCc2cc(F)cc(C#N)c2)cc1. The molecule has 0 atom stereocenters. The van der Waals surface area contributed by atoms with E-state index in [1.54, 1.807) is 0 Å². The molecule has 0 aliphatic rings. The average Bonchev–Trinajstić information content (AvgIpc) is 2.44. The largest absolute Gasteiger partial charge is 0.489 e. The fourth-order valence-electron chi connectivity index (χ4n) is 1.75. The lowest BCUT2D eigenvalue weighted by Gasteiger charge is -2.07. The quantitative estimate of drug-likeness (QED) is 0.871. The maximum atomic E-state index is 13.3. The van der Waals surface area contributed by atoms with Gasteiger partial charge in [0.15, 0.2) is 9.84 Å². The highest BCUT2D eigenvalue weighted by molar-refractivity contribution is 7.90. The summed E-state index contributed by atoms with van der Waals surface area (Å²) in [4.78, 5) is 0.201. The van der Waals surface area contributed by atoms with Crippen LogP contribution >= 0.6 is 0 Å². The lowest BCUT2D eigenvalue weighted by atomic mass is 10.1. The summed E-state index contributed by atoms with van der Waals surface area (Å²) >= 11 is 0. The van der Waals surface area contributed by atoms with Crippen LogP contribution in [0.1, 0.15) is 11.1 Å². The lowest BCUT2D eigenvalue weighted by molar-refractivity contribution is 0.305. The van der Waals surface area contributed by atoms with Crippen LogP contribution in [-0.2, 0) is 16.4 Å². The first-order valence-corrected chi connectivity index (χ1v) is 7.90. The molecule has 0 saturated heterocycles. The molecular weight excluding hydrogens is 293 g/mol. The molecule has 0 heterocycles. The first-order valence-electron chi connectivity index (χ1n) is 6.01. The summed E-state index contributed by atoms with van der Waals surface area (Å²) in [7, 11) is -3.24. The molecule has 0 radical (unpaired) electrons. The Labute approximate surface area is 122 Å². The molecule has 0 aliphatic heterocycles. The molecule has 0 unspecified atom stereocenters. The fourth-order valence-corrected chi connectivity index (χ4v) is 2.38. The predicted molar refractivity (Wildman–Crippen MR) is 75.0 cm³/mol. The molecule has 0 amide bonds. The number of halogens is 1. The van der Waals surface area contributed by atoms with E-state index in [-0.39, 0.29) is 17.1 Å². The zero-order chi connectivity index (χ0) is 15.5. The molecule has 0 N–H and O–H groups in total. The minimum atomic E-state index is -3.24. The highest BCUT2D eigenvalue weighted by Gasteiger charge is 2.07. The van der Waals surface area contributed by atoms with E-state index in [0.29, 0.717) is 11.3 Å². The van der Waals surface area contributed by atoms with E-state index in [9.17, 15) is 12.8 Å². The second-order valence-electron chi connectivity index (χ2n) is 4.49. The maximum absolute atomic E-state index is 13.3. The zero-order valence-corrected chi connectivity index (χ0v) is 12.0. The van der Waals surface area contributed by atoms with Crippen LogP contribution in [0.2, 0.25) is 0 Å². The Bertz CT molecular complexity index is 793. The second kappa shape index (κ2) is 5.94. The van der Waals surface area contributed by atoms with E-state index in [0.717, 1.165) is 12.3 Å². The highest BCUT2D eigenvalue weighted by atomic mass is 32.2. The van der Waals surface area contributed by atoms with Gasteiger partial charge in [0.2, 0.25) is 0 Å². The van der Waals surface area contributed by atoms with Crippen molar-refractivity contribution in [3.05, 3.63) is 59.4 Å². The van der Waals surface area contributed by atoms with Gasteiger partial charge in [-0.15, -0.1) is 0 Å². The number of hydrogen-bond acceptors (Lipinski definition) is 4. The molecule has 2 aromatic rings. The molecule has 21 heavy (non-hydrogen) atoms.